The first-order valence-corrected chi connectivity index (χ1v) is 7.74. The van der Waals surface area contributed by atoms with Crippen molar-refractivity contribution in [3.63, 3.8) is 0 Å². The van der Waals surface area contributed by atoms with Crippen LogP contribution in [-0.4, -0.2) is 41.1 Å². The Kier molecular flexibility index (Phi) is 5.19. The molecule has 6 heteroatoms. The molecule has 0 radical (unpaired) electrons. The average molecular weight is 371 g/mol. The molecule has 0 saturated carbocycles. The van der Waals surface area contributed by atoms with E-state index in [0.717, 1.165) is 12.1 Å². The smallest absolute Gasteiger partial charge is 0.212 e. The number of ketones is 1. The van der Waals surface area contributed by atoms with Crippen LogP contribution in [0.1, 0.15) is 21.6 Å². The van der Waals surface area contributed by atoms with Crippen molar-refractivity contribution in [2.45, 2.75) is 13.5 Å². The van der Waals surface area contributed by atoms with E-state index in [-0.39, 0.29) is 5.78 Å². The van der Waals surface area contributed by atoms with Crippen molar-refractivity contribution in [1.29, 1.82) is 0 Å². The monoisotopic (exact) mass is 369 g/mol. The molecule has 0 N–H and O–H groups in total. The maximum Gasteiger partial charge on any atom is 0.212 e. The summed E-state index contributed by atoms with van der Waals surface area (Å²) in [5.74, 6) is -0.0712. The Morgan fingerprint density at radius 2 is 2.14 bits per heavy atom. The van der Waals surface area contributed by atoms with Gasteiger partial charge in [-0.25, -0.2) is 0 Å². The Labute approximate surface area is 137 Å². The van der Waals surface area contributed by atoms with Gasteiger partial charge >= 0.3 is 0 Å². The van der Waals surface area contributed by atoms with Crippen molar-refractivity contribution >= 4 is 33.3 Å². The number of nitrogens with zero attached hydrogens (tertiary/aromatic N) is 3. The normalized spacial score (nSPS) is 11.1. The molecule has 0 aliphatic heterocycles. The van der Waals surface area contributed by atoms with Crippen molar-refractivity contribution in [1.82, 2.24) is 14.7 Å². The molecule has 112 valence electrons. The molecule has 21 heavy (non-hydrogen) atoms. The minimum Gasteiger partial charge on any atom is -0.308 e. The minimum atomic E-state index is -0.0712. The highest BCUT2D eigenvalue weighted by atomic mass is 79.9. The maximum atomic E-state index is 12.8. The zero-order valence-corrected chi connectivity index (χ0v) is 14.6. The van der Waals surface area contributed by atoms with Crippen molar-refractivity contribution < 1.29 is 4.79 Å². The van der Waals surface area contributed by atoms with E-state index in [1.54, 1.807) is 23.0 Å². The number of carbonyl (C=O) groups is 1. The van der Waals surface area contributed by atoms with Crippen LogP contribution in [0.25, 0.3) is 0 Å². The van der Waals surface area contributed by atoms with E-state index in [0.29, 0.717) is 27.3 Å². The third-order valence-electron chi connectivity index (χ3n) is 3.21. The van der Waals surface area contributed by atoms with E-state index in [1.807, 2.05) is 27.1 Å². The highest BCUT2D eigenvalue weighted by molar-refractivity contribution is 9.10. The summed E-state index contributed by atoms with van der Waals surface area (Å²) in [6.45, 7) is 3.36. The average Bonchev–Trinajstić information content (AvgIpc) is 2.79. The number of likely N-dealkylation sites (N-methyl/N-ethyl adjacent to an activating group) is 1. The van der Waals surface area contributed by atoms with Crippen LogP contribution in [0, 0.1) is 6.92 Å². The van der Waals surface area contributed by atoms with E-state index < -0.39 is 0 Å². The number of rotatable bonds is 5. The molecule has 0 fully saturated rings. The molecule has 0 spiro atoms. The van der Waals surface area contributed by atoms with E-state index >= 15 is 0 Å². The van der Waals surface area contributed by atoms with Crippen LogP contribution in [0.4, 0.5) is 0 Å². The number of halogens is 2. The Morgan fingerprint density at radius 1 is 1.43 bits per heavy atom. The highest BCUT2D eigenvalue weighted by Gasteiger charge is 2.20. The topological polar surface area (TPSA) is 38.1 Å². The third-order valence-corrected chi connectivity index (χ3v) is 4.03. The molecule has 0 aliphatic carbocycles. The summed E-state index contributed by atoms with van der Waals surface area (Å²) in [4.78, 5) is 14.9. The largest absolute Gasteiger partial charge is 0.308 e. The van der Waals surface area contributed by atoms with Crippen LogP contribution in [0.15, 0.2) is 28.9 Å². The van der Waals surface area contributed by atoms with Crippen molar-refractivity contribution in [3.05, 3.63) is 50.7 Å². The standard InChI is InChI=1S/C15H17BrClN3O/c1-10-4-5-11(17)8-12(10)15(21)14-13(16)9-18-20(14)7-6-19(2)3/h4-5,8-9H,6-7H2,1-3H3. The Balaban J connectivity index is 2.39. The van der Waals surface area contributed by atoms with Crippen molar-refractivity contribution in [3.8, 4) is 0 Å². The van der Waals surface area contributed by atoms with Gasteiger partial charge in [0.1, 0.15) is 5.69 Å². The fourth-order valence-electron chi connectivity index (χ4n) is 2.02. The summed E-state index contributed by atoms with van der Waals surface area (Å²) < 4.78 is 2.43. The second kappa shape index (κ2) is 6.73. The van der Waals surface area contributed by atoms with Gasteiger partial charge in [-0.2, -0.15) is 5.10 Å². The molecule has 1 aromatic carbocycles. The first kappa shape index (κ1) is 16.2. The number of carbonyl (C=O) groups excluding carboxylic acids is 1. The van der Waals surface area contributed by atoms with Gasteiger partial charge in [-0.15, -0.1) is 0 Å². The number of benzene rings is 1. The van der Waals surface area contributed by atoms with E-state index in [9.17, 15) is 4.79 Å². The van der Waals surface area contributed by atoms with Crippen molar-refractivity contribution in [2.24, 2.45) is 0 Å². The third kappa shape index (κ3) is 3.73. The SMILES string of the molecule is Cc1ccc(Cl)cc1C(=O)c1c(Br)cnn1CCN(C)C. The quantitative estimate of drug-likeness (QED) is 0.757. The van der Waals surface area contributed by atoms with E-state index in [1.165, 1.54) is 0 Å². The van der Waals surface area contributed by atoms with Crippen LogP contribution in [0.3, 0.4) is 0 Å². The van der Waals surface area contributed by atoms with Gasteiger partial charge < -0.3 is 4.90 Å². The zero-order valence-electron chi connectivity index (χ0n) is 12.2. The molecule has 1 aromatic heterocycles. The van der Waals surface area contributed by atoms with Crippen molar-refractivity contribution in [2.75, 3.05) is 20.6 Å². The molecule has 0 amide bonds. The zero-order chi connectivity index (χ0) is 15.6. The molecule has 0 unspecified atom stereocenters. The number of hydrogen-bond acceptors (Lipinski definition) is 3. The van der Waals surface area contributed by atoms with Gasteiger partial charge in [-0.3, -0.25) is 9.48 Å². The van der Waals surface area contributed by atoms with Gasteiger partial charge in [0.25, 0.3) is 0 Å². The van der Waals surface area contributed by atoms with Crippen LogP contribution in [-0.2, 0) is 6.54 Å². The maximum absolute atomic E-state index is 12.8. The Morgan fingerprint density at radius 3 is 2.81 bits per heavy atom. The lowest BCUT2D eigenvalue weighted by Gasteiger charge is -2.12. The van der Waals surface area contributed by atoms with Gasteiger partial charge in [0.15, 0.2) is 0 Å². The predicted molar refractivity (Wildman–Crippen MR) is 88.1 cm³/mol. The second-order valence-electron chi connectivity index (χ2n) is 5.16. The molecule has 2 rings (SSSR count). The lowest BCUT2D eigenvalue weighted by atomic mass is 10.0. The predicted octanol–water partition coefficient (Wildman–Crippen LogP) is 3.40. The lowest BCUT2D eigenvalue weighted by molar-refractivity contribution is 0.102. The highest BCUT2D eigenvalue weighted by Crippen LogP contribution is 2.23. The van der Waals surface area contributed by atoms with Gasteiger partial charge in [0, 0.05) is 17.1 Å². The summed E-state index contributed by atoms with van der Waals surface area (Å²) in [6.07, 6.45) is 1.66. The van der Waals surface area contributed by atoms with Crippen LogP contribution >= 0.6 is 27.5 Å². The first-order chi connectivity index (χ1) is 9.90. The molecule has 0 atom stereocenters. The van der Waals surface area contributed by atoms with Gasteiger partial charge in [-0.05, 0) is 54.6 Å². The molecular formula is C15H17BrClN3O. The van der Waals surface area contributed by atoms with Gasteiger partial charge in [0.05, 0.1) is 17.2 Å². The molecule has 2 aromatic rings. The summed E-state index contributed by atoms with van der Waals surface area (Å²) >= 11 is 9.43. The molecule has 4 nitrogen and oxygen atoms in total. The van der Waals surface area contributed by atoms with Gasteiger partial charge in [0.2, 0.25) is 5.78 Å². The molecule has 0 saturated heterocycles. The van der Waals surface area contributed by atoms with Crippen LogP contribution in [0.5, 0.6) is 0 Å². The Bertz CT molecular complexity index is 667. The van der Waals surface area contributed by atoms with E-state index in [2.05, 4.69) is 25.9 Å². The lowest BCUT2D eigenvalue weighted by Crippen LogP contribution is -2.22. The summed E-state index contributed by atoms with van der Waals surface area (Å²) in [5.41, 5.74) is 2.06. The summed E-state index contributed by atoms with van der Waals surface area (Å²) in [5, 5.41) is 4.83. The first-order valence-electron chi connectivity index (χ1n) is 6.57. The fraction of sp³-hybridized carbons (Fsp3) is 0.333. The number of hydrogen-bond donors (Lipinski definition) is 0. The molecule has 0 aliphatic rings. The van der Waals surface area contributed by atoms with E-state index in [4.69, 9.17) is 11.6 Å². The summed E-state index contributed by atoms with van der Waals surface area (Å²) in [7, 11) is 3.97. The molecular weight excluding hydrogens is 354 g/mol. The van der Waals surface area contributed by atoms with Crippen LogP contribution in [0.2, 0.25) is 5.02 Å². The van der Waals surface area contributed by atoms with Crippen LogP contribution < -0.4 is 0 Å². The number of aryl methyl sites for hydroxylation is 1. The minimum absolute atomic E-state index is 0.0712. The molecule has 1 heterocycles. The van der Waals surface area contributed by atoms with Gasteiger partial charge in [-0.1, -0.05) is 17.7 Å². The Hall–Kier alpha value is -1.17. The fourth-order valence-corrected chi connectivity index (χ4v) is 2.67. The second-order valence-corrected chi connectivity index (χ2v) is 6.45. The molecule has 0 bridgehead atoms. The summed E-state index contributed by atoms with van der Waals surface area (Å²) in [6, 6.07) is 5.34. The number of aromatic nitrogens is 2.